The molecule has 1 atom stereocenters. The van der Waals surface area contributed by atoms with Gasteiger partial charge in [0.25, 0.3) is 0 Å². The molecule has 0 spiro atoms. The minimum atomic E-state index is -0.205. The first-order chi connectivity index (χ1) is 12.1. The Labute approximate surface area is 152 Å². The highest BCUT2D eigenvalue weighted by molar-refractivity contribution is 7.71. The molecule has 6 heteroatoms. The second kappa shape index (κ2) is 7.72. The molecule has 3 aromatic rings. The Balaban J connectivity index is 1.83. The summed E-state index contributed by atoms with van der Waals surface area (Å²) in [5.41, 5.74) is 2.01. The van der Waals surface area contributed by atoms with Crippen molar-refractivity contribution in [3.8, 4) is 11.4 Å². The number of quaternary nitrogens is 1. The third-order valence-electron chi connectivity index (χ3n) is 4.09. The van der Waals surface area contributed by atoms with E-state index in [1.807, 2.05) is 45.6 Å². The van der Waals surface area contributed by atoms with E-state index >= 15 is 0 Å². The first-order valence-corrected chi connectivity index (χ1v) is 8.78. The normalized spacial score (nSPS) is 12.3. The number of hydrogen-bond donors (Lipinski definition) is 1. The van der Waals surface area contributed by atoms with Gasteiger partial charge in [0.2, 0.25) is 4.77 Å². The lowest BCUT2D eigenvalue weighted by molar-refractivity contribution is -0.917. The molecule has 2 aromatic carbocycles. The molecule has 0 fully saturated rings. The molecule has 0 aliphatic carbocycles. The smallest absolute Gasteiger partial charge is 0.203 e. The Morgan fingerprint density at radius 3 is 2.56 bits per heavy atom. The Kier molecular flexibility index (Phi) is 5.40. The first kappa shape index (κ1) is 17.5. The number of halogens is 1. The van der Waals surface area contributed by atoms with Gasteiger partial charge in [0.05, 0.1) is 7.05 Å². The van der Waals surface area contributed by atoms with Gasteiger partial charge in [-0.3, -0.25) is 0 Å². The van der Waals surface area contributed by atoms with E-state index in [-0.39, 0.29) is 5.82 Å². The Morgan fingerprint density at radius 1 is 1.12 bits per heavy atom. The zero-order valence-corrected chi connectivity index (χ0v) is 15.3. The van der Waals surface area contributed by atoms with Crippen molar-refractivity contribution in [1.29, 1.82) is 0 Å². The standard InChI is InChI=1S/C19H21FN4S/c1-3-23-18(16-9-5-4-6-10-16)21-24(19(23)25)14-22(2)13-15-8-7-11-17(20)12-15/h4-12H,3,13-14H2,1-2H3/p+1. The summed E-state index contributed by atoms with van der Waals surface area (Å²) in [5.74, 6) is 0.676. The van der Waals surface area contributed by atoms with Crippen LogP contribution in [-0.4, -0.2) is 21.4 Å². The number of hydrogen-bond acceptors (Lipinski definition) is 2. The van der Waals surface area contributed by atoms with E-state index in [9.17, 15) is 4.39 Å². The van der Waals surface area contributed by atoms with Crippen LogP contribution >= 0.6 is 12.2 Å². The molecule has 0 amide bonds. The van der Waals surface area contributed by atoms with Crippen molar-refractivity contribution in [3.63, 3.8) is 0 Å². The molecule has 0 radical (unpaired) electrons. The van der Waals surface area contributed by atoms with Gasteiger partial charge in [0, 0.05) is 17.7 Å². The van der Waals surface area contributed by atoms with Crippen LogP contribution in [0, 0.1) is 10.6 Å². The van der Waals surface area contributed by atoms with E-state index in [1.54, 1.807) is 12.1 Å². The predicted molar refractivity (Wildman–Crippen MR) is 99.2 cm³/mol. The van der Waals surface area contributed by atoms with E-state index in [4.69, 9.17) is 17.3 Å². The predicted octanol–water partition coefficient (Wildman–Crippen LogP) is 2.91. The highest BCUT2D eigenvalue weighted by Gasteiger charge is 2.14. The van der Waals surface area contributed by atoms with Gasteiger partial charge in [-0.05, 0) is 31.3 Å². The van der Waals surface area contributed by atoms with Crippen molar-refractivity contribution >= 4 is 12.2 Å². The van der Waals surface area contributed by atoms with Crippen molar-refractivity contribution in [2.45, 2.75) is 26.7 Å². The lowest BCUT2D eigenvalue weighted by Gasteiger charge is -2.13. The van der Waals surface area contributed by atoms with Gasteiger partial charge < -0.3 is 9.47 Å². The van der Waals surface area contributed by atoms with E-state index < -0.39 is 0 Å². The summed E-state index contributed by atoms with van der Waals surface area (Å²) in [6, 6.07) is 16.8. The van der Waals surface area contributed by atoms with Gasteiger partial charge >= 0.3 is 0 Å². The van der Waals surface area contributed by atoms with Crippen molar-refractivity contribution < 1.29 is 9.29 Å². The van der Waals surface area contributed by atoms with Crippen LogP contribution in [0.15, 0.2) is 54.6 Å². The SMILES string of the molecule is CCn1c(-c2ccccc2)nn(C[NH+](C)Cc2cccc(F)c2)c1=S. The van der Waals surface area contributed by atoms with Crippen molar-refractivity contribution in [2.75, 3.05) is 7.05 Å². The average molecular weight is 357 g/mol. The van der Waals surface area contributed by atoms with Crippen LogP contribution < -0.4 is 4.90 Å². The van der Waals surface area contributed by atoms with E-state index in [0.717, 1.165) is 23.5 Å². The fourth-order valence-electron chi connectivity index (χ4n) is 2.94. The van der Waals surface area contributed by atoms with Gasteiger partial charge in [0.15, 0.2) is 12.5 Å². The van der Waals surface area contributed by atoms with Gasteiger partial charge in [-0.1, -0.05) is 42.5 Å². The molecule has 1 heterocycles. The molecule has 1 aromatic heterocycles. The summed E-state index contributed by atoms with van der Waals surface area (Å²) in [4.78, 5) is 1.18. The largest absolute Gasteiger partial charge is 0.315 e. The molecular weight excluding hydrogens is 335 g/mol. The highest BCUT2D eigenvalue weighted by atomic mass is 32.1. The topological polar surface area (TPSA) is 27.2 Å². The van der Waals surface area contributed by atoms with Gasteiger partial charge in [-0.15, -0.1) is 5.10 Å². The molecule has 1 N–H and O–H groups in total. The molecule has 0 aliphatic rings. The molecule has 130 valence electrons. The van der Waals surface area contributed by atoms with Crippen LogP contribution in [0.3, 0.4) is 0 Å². The fraction of sp³-hybridized carbons (Fsp3) is 0.263. The number of nitrogens with zero attached hydrogens (tertiary/aromatic N) is 3. The molecule has 0 saturated heterocycles. The minimum absolute atomic E-state index is 0.205. The van der Waals surface area contributed by atoms with Crippen LogP contribution in [0.5, 0.6) is 0 Å². The number of nitrogens with one attached hydrogen (secondary N) is 1. The highest BCUT2D eigenvalue weighted by Crippen LogP contribution is 2.17. The summed E-state index contributed by atoms with van der Waals surface area (Å²) in [6.07, 6.45) is 0. The molecule has 0 saturated carbocycles. The Bertz CT molecular complexity index is 901. The third kappa shape index (κ3) is 4.03. The zero-order valence-electron chi connectivity index (χ0n) is 14.4. The van der Waals surface area contributed by atoms with Crippen LogP contribution in [0.2, 0.25) is 0 Å². The first-order valence-electron chi connectivity index (χ1n) is 8.37. The molecule has 25 heavy (non-hydrogen) atoms. The van der Waals surface area contributed by atoms with Gasteiger partial charge in [0.1, 0.15) is 12.4 Å². The molecule has 1 unspecified atom stereocenters. The lowest BCUT2D eigenvalue weighted by Crippen LogP contribution is -3.07. The van der Waals surface area contributed by atoms with Crippen LogP contribution in [0.25, 0.3) is 11.4 Å². The molecule has 0 bridgehead atoms. The second-order valence-corrected chi connectivity index (χ2v) is 6.50. The maximum Gasteiger partial charge on any atom is 0.203 e. The van der Waals surface area contributed by atoms with Crippen LogP contribution in [0.1, 0.15) is 12.5 Å². The Morgan fingerprint density at radius 2 is 1.88 bits per heavy atom. The van der Waals surface area contributed by atoms with Crippen molar-refractivity contribution in [3.05, 3.63) is 70.7 Å². The minimum Gasteiger partial charge on any atom is -0.315 e. The summed E-state index contributed by atoms with van der Waals surface area (Å²) < 4.78 is 18.0. The van der Waals surface area contributed by atoms with Gasteiger partial charge in [-0.2, -0.15) is 4.68 Å². The maximum atomic E-state index is 13.4. The molecule has 4 nitrogen and oxygen atoms in total. The summed E-state index contributed by atoms with van der Waals surface area (Å²) in [6.45, 7) is 4.17. The van der Waals surface area contributed by atoms with Crippen molar-refractivity contribution in [2.24, 2.45) is 0 Å². The van der Waals surface area contributed by atoms with Crippen LogP contribution in [0.4, 0.5) is 4.39 Å². The van der Waals surface area contributed by atoms with Crippen LogP contribution in [-0.2, 0) is 19.8 Å². The monoisotopic (exact) mass is 357 g/mol. The lowest BCUT2D eigenvalue weighted by atomic mass is 10.2. The quantitative estimate of drug-likeness (QED) is 0.687. The molecule has 0 aliphatic heterocycles. The number of aromatic nitrogens is 3. The van der Waals surface area contributed by atoms with Crippen molar-refractivity contribution in [1.82, 2.24) is 14.3 Å². The van der Waals surface area contributed by atoms with Gasteiger partial charge in [-0.25, -0.2) is 4.39 Å². The maximum absolute atomic E-state index is 13.4. The second-order valence-electron chi connectivity index (χ2n) is 6.14. The third-order valence-corrected chi connectivity index (χ3v) is 4.52. The fourth-order valence-corrected chi connectivity index (χ4v) is 3.26. The summed E-state index contributed by atoms with van der Waals surface area (Å²) in [5, 5.41) is 4.73. The molecule has 3 rings (SSSR count). The summed E-state index contributed by atoms with van der Waals surface area (Å²) in [7, 11) is 2.06. The zero-order chi connectivity index (χ0) is 17.8. The number of rotatable bonds is 6. The average Bonchev–Trinajstić information content (AvgIpc) is 2.91. The molecular formula is C19H22FN4S+. The summed E-state index contributed by atoms with van der Waals surface area (Å²) >= 11 is 5.61. The van der Waals surface area contributed by atoms with E-state index in [0.29, 0.717) is 18.0 Å². The number of benzene rings is 2. The Hall–Kier alpha value is -2.31. The van der Waals surface area contributed by atoms with E-state index in [2.05, 4.69) is 14.0 Å². The van der Waals surface area contributed by atoms with E-state index in [1.165, 1.54) is 11.0 Å².